The van der Waals surface area contributed by atoms with Gasteiger partial charge >= 0.3 is 5.97 Å². The van der Waals surface area contributed by atoms with Crippen molar-refractivity contribution in [3.63, 3.8) is 0 Å². The lowest BCUT2D eigenvalue weighted by atomic mass is 10.4. The SMILES string of the molecule is O=C(ON=C(Cl)c1ccccn1)c1ccccn1. The van der Waals surface area contributed by atoms with Gasteiger partial charge in [-0.05, 0) is 24.3 Å². The van der Waals surface area contributed by atoms with Gasteiger partial charge in [0.15, 0.2) is 10.9 Å². The molecule has 0 bridgehead atoms. The van der Waals surface area contributed by atoms with Crippen LogP contribution in [-0.4, -0.2) is 21.1 Å². The smallest absolute Gasteiger partial charge is 0.309 e. The molecule has 18 heavy (non-hydrogen) atoms. The zero-order valence-corrected chi connectivity index (χ0v) is 9.91. The molecule has 0 aromatic carbocycles. The van der Waals surface area contributed by atoms with Gasteiger partial charge in [-0.1, -0.05) is 28.9 Å². The summed E-state index contributed by atoms with van der Waals surface area (Å²) in [6.07, 6.45) is 3.05. The van der Waals surface area contributed by atoms with Crippen LogP contribution >= 0.6 is 11.6 Å². The Hall–Kier alpha value is -2.27. The van der Waals surface area contributed by atoms with Crippen LogP contribution in [0.2, 0.25) is 0 Å². The number of halogens is 1. The average Bonchev–Trinajstić information content (AvgIpc) is 2.46. The third-order valence-corrected chi connectivity index (χ3v) is 2.22. The van der Waals surface area contributed by atoms with Crippen molar-refractivity contribution in [2.75, 3.05) is 0 Å². The number of hydrogen-bond acceptors (Lipinski definition) is 5. The van der Waals surface area contributed by atoms with Crippen LogP contribution in [0.5, 0.6) is 0 Å². The highest BCUT2D eigenvalue weighted by molar-refractivity contribution is 6.69. The Bertz CT molecular complexity index is 558. The van der Waals surface area contributed by atoms with Gasteiger partial charge in [-0.2, -0.15) is 0 Å². The molecule has 0 unspecified atom stereocenters. The predicted octanol–water partition coefficient (Wildman–Crippen LogP) is 2.23. The first-order chi connectivity index (χ1) is 8.77. The Morgan fingerprint density at radius 2 is 1.67 bits per heavy atom. The number of carbonyl (C=O) groups excluding carboxylic acids is 1. The molecule has 0 fully saturated rings. The van der Waals surface area contributed by atoms with E-state index < -0.39 is 5.97 Å². The van der Waals surface area contributed by atoms with Crippen LogP contribution in [0.3, 0.4) is 0 Å². The number of aromatic nitrogens is 2. The summed E-state index contributed by atoms with van der Waals surface area (Å²) in [6.45, 7) is 0. The first-order valence-corrected chi connectivity index (χ1v) is 5.42. The third kappa shape index (κ3) is 3.11. The van der Waals surface area contributed by atoms with Crippen LogP contribution in [-0.2, 0) is 4.84 Å². The summed E-state index contributed by atoms with van der Waals surface area (Å²) in [5.74, 6) is -0.676. The summed E-state index contributed by atoms with van der Waals surface area (Å²) in [6, 6.07) is 10.0. The maximum absolute atomic E-state index is 11.5. The summed E-state index contributed by atoms with van der Waals surface area (Å²) in [7, 11) is 0. The molecule has 0 N–H and O–H groups in total. The molecule has 2 aromatic rings. The maximum Gasteiger partial charge on any atom is 0.383 e. The average molecular weight is 262 g/mol. The second kappa shape index (κ2) is 5.88. The van der Waals surface area contributed by atoms with E-state index >= 15 is 0 Å². The topological polar surface area (TPSA) is 64.4 Å². The second-order valence-corrected chi connectivity index (χ2v) is 3.55. The van der Waals surface area contributed by atoms with Crippen molar-refractivity contribution in [1.29, 1.82) is 0 Å². The van der Waals surface area contributed by atoms with Crippen molar-refractivity contribution < 1.29 is 9.63 Å². The number of pyridine rings is 2. The predicted molar refractivity (Wildman–Crippen MR) is 66.3 cm³/mol. The number of hydrogen-bond donors (Lipinski definition) is 0. The van der Waals surface area contributed by atoms with Gasteiger partial charge in [0.1, 0.15) is 5.69 Å². The lowest BCUT2D eigenvalue weighted by molar-refractivity contribution is 0.0511. The van der Waals surface area contributed by atoms with Crippen LogP contribution in [0.1, 0.15) is 16.2 Å². The van der Waals surface area contributed by atoms with Gasteiger partial charge in [0.05, 0.1) is 0 Å². The van der Waals surface area contributed by atoms with Gasteiger partial charge < -0.3 is 4.84 Å². The molecule has 0 aliphatic carbocycles. The molecular weight excluding hydrogens is 254 g/mol. The van der Waals surface area contributed by atoms with Gasteiger partial charge in [-0.25, -0.2) is 9.78 Å². The van der Waals surface area contributed by atoms with Crippen molar-refractivity contribution >= 4 is 22.7 Å². The van der Waals surface area contributed by atoms with Crippen molar-refractivity contribution in [2.45, 2.75) is 0 Å². The van der Waals surface area contributed by atoms with E-state index in [1.54, 1.807) is 36.5 Å². The number of oxime groups is 1. The van der Waals surface area contributed by atoms with E-state index in [1.807, 2.05) is 0 Å². The largest absolute Gasteiger partial charge is 0.383 e. The van der Waals surface area contributed by atoms with Gasteiger partial charge in [0, 0.05) is 12.4 Å². The third-order valence-electron chi connectivity index (χ3n) is 1.96. The molecule has 0 atom stereocenters. The number of nitrogens with zero attached hydrogens (tertiary/aromatic N) is 3. The minimum atomic E-state index is -0.676. The van der Waals surface area contributed by atoms with Crippen LogP contribution < -0.4 is 0 Å². The van der Waals surface area contributed by atoms with Gasteiger partial charge in [-0.15, -0.1) is 0 Å². The molecule has 0 saturated heterocycles. The minimum absolute atomic E-state index is 0.000110. The van der Waals surface area contributed by atoms with Crippen LogP contribution in [0.25, 0.3) is 0 Å². The lowest BCUT2D eigenvalue weighted by Crippen LogP contribution is -2.05. The highest BCUT2D eigenvalue weighted by atomic mass is 35.5. The highest BCUT2D eigenvalue weighted by Gasteiger charge is 2.09. The summed E-state index contributed by atoms with van der Waals surface area (Å²) < 4.78 is 0. The molecule has 0 aliphatic rings. The van der Waals surface area contributed by atoms with Crippen LogP contribution in [0, 0.1) is 0 Å². The quantitative estimate of drug-likeness (QED) is 0.483. The van der Waals surface area contributed by atoms with E-state index in [1.165, 1.54) is 12.3 Å². The summed E-state index contributed by atoms with van der Waals surface area (Å²) in [5.41, 5.74) is 0.583. The van der Waals surface area contributed by atoms with Crippen molar-refractivity contribution in [1.82, 2.24) is 9.97 Å². The highest BCUT2D eigenvalue weighted by Crippen LogP contribution is 2.03. The molecule has 0 spiro atoms. The van der Waals surface area contributed by atoms with Gasteiger partial charge in [-0.3, -0.25) is 4.98 Å². The molecule has 5 nitrogen and oxygen atoms in total. The first-order valence-electron chi connectivity index (χ1n) is 5.04. The minimum Gasteiger partial charge on any atom is -0.309 e. The molecule has 0 saturated carbocycles. The summed E-state index contributed by atoms with van der Waals surface area (Å²) in [4.78, 5) is 24.0. The molecule has 0 aliphatic heterocycles. The van der Waals surface area contributed by atoms with Crippen molar-refractivity contribution in [3.05, 3.63) is 60.2 Å². The molecule has 2 aromatic heterocycles. The first kappa shape index (κ1) is 12.2. The van der Waals surface area contributed by atoms with E-state index in [9.17, 15) is 4.79 Å². The second-order valence-electron chi connectivity index (χ2n) is 3.19. The number of carbonyl (C=O) groups is 1. The zero-order valence-electron chi connectivity index (χ0n) is 9.15. The fourth-order valence-corrected chi connectivity index (χ4v) is 1.29. The molecule has 2 heterocycles. The standard InChI is InChI=1S/C12H8ClN3O2/c13-11(9-5-1-3-7-14-9)16-18-12(17)10-6-2-4-8-15-10/h1-8H. The van der Waals surface area contributed by atoms with E-state index in [2.05, 4.69) is 20.0 Å². The Morgan fingerprint density at radius 3 is 2.22 bits per heavy atom. The maximum atomic E-state index is 11.5. The Morgan fingerprint density at radius 1 is 1.06 bits per heavy atom. The summed E-state index contributed by atoms with van der Waals surface area (Å²) >= 11 is 5.83. The molecule has 6 heteroatoms. The van der Waals surface area contributed by atoms with Crippen molar-refractivity contribution in [3.8, 4) is 0 Å². The van der Waals surface area contributed by atoms with Crippen LogP contribution in [0.4, 0.5) is 0 Å². The van der Waals surface area contributed by atoms with E-state index in [0.717, 1.165) is 0 Å². The lowest BCUT2D eigenvalue weighted by Gasteiger charge is -1.98. The molecule has 0 amide bonds. The normalized spacial score (nSPS) is 11.1. The summed E-state index contributed by atoms with van der Waals surface area (Å²) in [5, 5.41) is 3.50. The monoisotopic (exact) mass is 261 g/mol. The fourth-order valence-electron chi connectivity index (χ4n) is 1.14. The zero-order chi connectivity index (χ0) is 12.8. The fraction of sp³-hybridized carbons (Fsp3) is 0. The number of rotatable bonds is 3. The van der Waals surface area contributed by atoms with E-state index in [0.29, 0.717) is 5.69 Å². The van der Waals surface area contributed by atoms with E-state index in [-0.39, 0.29) is 10.9 Å². The Balaban J connectivity index is 2.05. The molecule has 2 rings (SSSR count). The molecular formula is C12H8ClN3O2. The van der Waals surface area contributed by atoms with Crippen molar-refractivity contribution in [2.24, 2.45) is 5.16 Å². The molecule has 0 radical (unpaired) electrons. The van der Waals surface area contributed by atoms with Gasteiger partial charge in [0.2, 0.25) is 0 Å². The molecule has 90 valence electrons. The Labute approximate surface area is 108 Å². The van der Waals surface area contributed by atoms with E-state index in [4.69, 9.17) is 11.6 Å². The van der Waals surface area contributed by atoms with Crippen LogP contribution in [0.15, 0.2) is 53.9 Å². The van der Waals surface area contributed by atoms with Gasteiger partial charge in [0.25, 0.3) is 0 Å². The Kier molecular flexibility index (Phi) is 3.98.